The lowest BCUT2D eigenvalue weighted by Gasteiger charge is -2.10. The zero-order chi connectivity index (χ0) is 26.1. The minimum absolute atomic E-state index is 0.0197. The van der Waals surface area contributed by atoms with Crippen LogP contribution in [0.2, 0.25) is 0 Å². The number of rotatable bonds is 6. The molecule has 0 fully saturated rings. The first kappa shape index (κ1) is 23.7. The Morgan fingerprint density at radius 2 is 1.78 bits per heavy atom. The van der Waals surface area contributed by atoms with E-state index in [1.54, 1.807) is 48.5 Å². The van der Waals surface area contributed by atoms with Gasteiger partial charge in [0, 0.05) is 40.9 Å². The van der Waals surface area contributed by atoms with Gasteiger partial charge in [0.2, 0.25) is 5.91 Å². The van der Waals surface area contributed by atoms with Crippen LogP contribution in [0, 0.1) is 12.7 Å². The number of hydrogen-bond acceptors (Lipinski definition) is 4. The number of nitrogens with one attached hydrogen (secondary N) is 5. The summed E-state index contributed by atoms with van der Waals surface area (Å²) in [5.41, 5.74) is 3.45. The van der Waals surface area contributed by atoms with Crippen LogP contribution in [0.15, 0.2) is 64.3 Å². The number of fused-ring (bicyclic) bond motifs is 1. The quantitative estimate of drug-likeness (QED) is 0.260. The average Bonchev–Trinajstić information content (AvgIpc) is 3.37. The van der Waals surface area contributed by atoms with Crippen LogP contribution in [-0.4, -0.2) is 26.8 Å². The molecule has 0 spiro atoms. The van der Waals surface area contributed by atoms with Gasteiger partial charge < -0.3 is 20.6 Å². The fourth-order valence-corrected chi connectivity index (χ4v) is 4.38. The molecule has 186 valence electrons. The number of aromatic amines is 3. The number of aromatic nitrogens is 3. The summed E-state index contributed by atoms with van der Waals surface area (Å²) in [6.07, 6.45) is 2.89. The molecule has 5 N–H and O–H groups in total. The third kappa shape index (κ3) is 4.76. The summed E-state index contributed by atoms with van der Waals surface area (Å²) in [4.78, 5) is 56.2. The topological polar surface area (TPSA) is 140 Å². The smallest absolute Gasteiger partial charge is 0.325 e. The van der Waals surface area contributed by atoms with Crippen molar-refractivity contribution in [3.05, 3.63) is 109 Å². The van der Waals surface area contributed by atoms with E-state index in [-0.39, 0.29) is 30.3 Å². The molecule has 0 saturated carbocycles. The Hall–Kier alpha value is -4.99. The molecule has 37 heavy (non-hydrogen) atoms. The van der Waals surface area contributed by atoms with Gasteiger partial charge in [0.25, 0.3) is 11.5 Å². The maximum Gasteiger partial charge on any atom is 0.325 e. The number of hydrogen-bond donors (Lipinski definition) is 5. The molecule has 1 aliphatic rings. The third-order valence-corrected chi connectivity index (χ3v) is 6.07. The summed E-state index contributed by atoms with van der Waals surface area (Å²) >= 11 is 0. The van der Waals surface area contributed by atoms with Gasteiger partial charge >= 0.3 is 5.69 Å². The fraction of sp³-hybridized carbons (Fsp3) is 0.111. The zero-order valence-electron chi connectivity index (χ0n) is 19.7. The first-order valence-electron chi connectivity index (χ1n) is 11.5. The first-order valence-corrected chi connectivity index (χ1v) is 11.5. The normalized spacial score (nSPS) is 13.5. The van der Waals surface area contributed by atoms with E-state index in [1.807, 2.05) is 6.92 Å². The van der Waals surface area contributed by atoms with Gasteiger partial charge in [-0.15, -0.1) is 0 Å². The Balaban J connectivity index is 1.45. The lowest BCUT2D eigenvalue weighted by atomic mass is 9.93. The monoisotopic (exact) mass is 499 g/mol. The lowest BCUT2D eigenvalue weighted by molar-refractivity contribution is -0.120. The van der Waals surface area contributed by atoms with Gasteiger partial charge in [0.1, 0.15) is 5.82 Å². The van der Waals surface area contributed by atoms with Crippen molar-refractivity contribution < 1.29 is 14.0 Å². The van der Waals surface area contributed by atoms with Gasteiger partial charge in [-0.05, 0) is 42.3 Å². The van der Waals surface area contributed by atoms with E-state index >= 15 is 0 Å². The van der Waals surface area contributed by atoms with Crippen LogP contribution in [-0.2, 0) is 22.6 Å². The second kappa shape index (κ2) is 9.57. The number of anilines is 1. The van der Waals surface area contributed by atoms with Crippen molar-refractivity contribution in [2.24, 2.45) is 0 Å². The van der Waals surface area contributed by atoms with Crippen molar-refractivity contribution in [3.63, 3.8) is 0 Å². The molecule has 1 aliphatic heterocycles. The van der Waals surface area contributed by atoms with E-state index in [2.05, 4.69) is 25.6 Å². The summed E-state index contributed by atoms with van der Waals surface area (Å²) in [5.74, 6) is -1.09. The van der Waals surface area contributed by atoms with Gasteiger partial charge in [0.15, 0.2) is 0 Å². The van der Waals surface area contributed by atoms with E-state index in [1.165, 1.54) is 12.3 Å². The van der Waals surface area contributed by atoms with Crippen molar-refractivity contribution in [1.29, 1.82) is 0 Å². The summed E-state index contributed by atoms with van der Waals surface area (Å²) in [7, 11) is 0. The highest BCUT2D eigenvalue weighted by atomic mass is 19.1. The number of aryl methyl sites for hydroxylation is 1. The summed E-state index contributed by atoms with van der Waals surface area (Å²) in [6.45, 7) is 1.77. The molecule has 0 bridgehead atoms. The third-order valence-electron chi connectivity index (χ3n) is 6.07. The molecule has 2 aromatic heterocycles. The molecule has 9 nitrogen and oxygen atoms in total. The Morgan fingerprint density at radius 1 is 1.00 bits per heavy atom. The molecular formula is C27H22FN5O4. The SMILES string of the molecule is Cc1cc(CC(=O)NCc2c[nH]c(=O)[nH]c2=O)c(/C=C2\C(=O)Nc3cccc(-c4ccccc4F)c32)[nH]1. The molecule has 0 radical (unpaired) electrons. The predicted octanol–water partition coefficient (Wildman–Crippen LogP) is 2.86. The number of halogens is 1. The standard InChI is InChI=1S/C27H22FN5O4/c1-14-9-15(10-23(34)29-12-16-13-30-27(37)33-25(16)35)22(31-14)11-19-24-18(17-5-2-3-7-20(17)28)6-4-8-21(24)32-26(19)36/h2-9,11,13,31H,10,12H2,1H3,(H,29,34)(H,32,36)(H2,30,33,35,37)/b19-11-. The highest BCUT2D eigenvalue weighted by Gasteiger charge is 2.28. The van der Waals surface area contributed by atoms with Crippen molar-refractivity contribution in [2.75, 3.05) is 5.32 Å². The number of carbonyl (C=O) groups is 2. The van der Waals surface area contributed by atoms with Crippen LogP contribution in [0.25, 0.3) is 22.8 Å². The lowest BCUT2D eigenvalue weighted by Crippen LogP contribution is -2.31. The van der Waals surface area contributed by atoms with Gasteiger partial charge in [-0.3, -0.25) is 19.4 Å². The second-order valence-electron chi connectivity index (χ2n) is 8.66. The van der Waals surface area contributed by atoms with Crippen LogP contribution in [0.3, 0.4) is 0 Å². The van der Waals surface area contributed by atoms with E-state index in [0.717, 1.165) is 5.69 Å². The molecule has 5 rings (SSSR count). The predicted molar refractivity (Wildman–Crippen MR) is 137 cm³/mol. The van der Waals surface area contributed by atoms with Crippen LogP contribution in [0.4, 0.5) is 10.1 Å². The zero-order valence-corrected chi connectivity index (χ0v) is 19.7. The molecular weight excluding hydrogens is 477 g/mol. The first-order chi connectivity index (χ1) is 17.8. The Morgan fingerprint density at radius 3 is 2.57 bits per heavy atom. The molecule has 0 unspecified atom stereocenters. The number of H-pyrrole nitrogens is 3. The number of benzene rings is 2. The van der Waals surface area contributed by atoms with Crippen molar-refractivity contribution >= 4 is 29.2 Å². The van der Waals surface area contributed by atoms with Crippen LogP contribution in [0.5, 0.6) is 0 Å². The van der Waals surface area contributed by atoms with Crippen molar-refractivity contribution in [3.8, 4) is 11.1 Å². The van der Waals surface area contributed by atoms with Gasteiger partial charge in [-0.1, -0.05) is 30.3 Å². The van der Waals surface area contributed by atoms with E-state index < -0.39 is 17.1 Å². The second-order valence-corrected chi connectivity index (χ2v) is 8.66. The molecule has 0 atom stereocenters. The maximum absolute atomic E-state index is 14.6. The molecule has 2 amide bonds. The largest absolute Gasteiger partial charge is 0.359 e. The minimum Gasteiger partial charge on any atom is -0.359 e. The van der Waals surface area contributed by atoms with Gasteiger partial charge in [-0.25, -0.2) is 9.18 Å². The fourth-order valence-electron chi connectivity index (χ4n) is 4.38. The van der Waals surface area contributed by atoms with Gasteiger partial charge in [0.05, 0.1) is 17.6 Å². The van der Waals surface area contributed by atoms with Crippen molar-refractivity contribution in [2.45, 2.75) is 19.9 Å². The average molecular weight is 500 g/mol. The summed E-state index contributed by atoms with van der Waals surface area (Å²) in [6, 6.07) is 13.4. The Bertz CT molecular complexity index is 1700. The van der Waals surface area contributed by atoms with E-state index in [0.29, 0.717) is 39.2 Å². The molecule has 2 aromatic carbocycles. The Labute approximate surface area is 209 Å². The van der Waals surface area contributed by atoms with Gasteiger partial charge in [-0.2, -0.15) is 0 Å². The molecule has 3 heterocycles. The molecule has 4 aromatic rings. The van der Waals surface area contributed by atoms with Crippen molar-refractivity contribution in [1.82, 2.24) is 20.3 Å². The van der Waals surface area contributed by atoms with E-state index in [9.17, 15) is 23.6 Å². The van der Waals surface area contributed by atoms with Crippen LogP contribution in [0.1, 0.15) is 28.1 Å². The van der Waals surface area contributed by atoms with E-state index in [4.69, 9.17) is 0 Å². The van der Waals surface area contributed by atoms with Crippen LogP contribution >= 0.6 is 0 Å². The summed E-state index contributed by atoms with van der Waals surface area (Å²) < 4.78 is 14.6. The number of amides is 2. The minimum atomic E-state index is -0.628. The molecule has 0 saturated heterocycles. The summed E-state index contributed by atoms with van der Waals surface area (Å²) in [5, 5.41) is 5.49. The highest BCUT2D eigenvalue weighted by molar-refractivity contribution is 6.36. The molecule has 10 heteroatoms. The maximum atomic E-state index is 14.6. The van der Waals surface area contributed by atoms with Crippen LogP contribution < -0.4 is 21.9 Å². The number of carbonyl (C=O) groups excluding carboxylic acids is 2. The Kier molecular flexibility index (Phi) is 6.14. The highest BCUT2D eigenvalue weighted by Crippen LogP contribution is 2.41. The molecule has 0 aliphatic carbocycles.